The number of carbonyl (C=O) groups is 1. The molecule has 1 unspecified atom stereocenters. The van der Waals surface area contributed by atoms with Crippen molar-refractivity contribution in [2.45, 2.75) is 39.2 Å². The summed E-state index contributed by atoms with van der Waals surface area (Å²) in [6.07, 6.45) is 5.44. The zero-order chi connectivity index (χ0) is 23.0. The summed E-state index contributed by atoms with van der Waals surface area (Å²) in [5.74, 6) is -0.338. The number of carbonyl (C=O) groups excluding carboxylic acids is 1. The maximum absolute atomic E-state index is 13.1. The Labute approximate surface area is 195 Å². The number of hydrogen-bond acceptors (Lipinski definition) is 8. The monoisotopic (exact) mass is 492 g/mol. The smallest absolute Gasteiger partial charge is 0.264 e. The number of halogens is 1. The number of amides is 1. The number of pyridine rings is 2. The van der Waals surface area contributed by atoms with Crippen molar-refractivity contribution in [2.24, 2.45) is 0 Å². The zero-order valence-electron chi connectivity index (χ0n) is 17.7. The molecule has 1 aliphatic carbocycles. The molecule has 0 saturated carbocycles. The number of aryl methyl sites for hydroxylation is 3. The Kier molecular flexibility index (Phi) is 6.30. The van der Waals surface area contributed by atoms with Crippen LogP contribution in [-0.2, 0) is 27.1 Å². The van der Waals surface area contributed by atoms with Gasteiger partial charge in [-0.2, -0.15) is 8.42 Å². The Hall–Kier alpha value is -2.40. The van der Waals surface area contributed by atoms with E-state index in [1.54, 1.807) is 12.3 Å². The van der Waals surface area contributed by atoms with E-state index in [9.17, 15) is 13.2 Å². The zero-order valence-corrected chi connectivity index (χ0v) is 20.1. The van der Waals surface area contributed by atoms with E-state index in [4.69, 9.17) is 15.8 Å². The molecule has 0 saturated heterocycles. The minimum Gasteiger partial charge on any atom is -0.298 e. The number of thiazole rings is 1. The van der Waals surface area contributed by atoms with E-state index in [-0.39, 0.29) is 5.91 Å². The second-order valence-electron chi connectivity index (χ2n) is 7.70. The quantitative estimate of drug-likeness (QED) is 0.424. The fourth-order valence-corrected chi connectivity index (χ4v) is 5.53. The average molecular weight is 493 g/mol. The average Bonchev–Trinajstić information content (AvgIpc) is 3.09. The van der Waals surface area contributed by atoms with E-state index in [1.165, 1.54) is 17.5 Å². The fraction of sp³-hybridized carbons (Fsp3) is 0.333. The molecule has 1 atom stereocenters. The van der Waals surface area contributed by atoms with Gasteiger partial charge in [0.1, 0.15) is 5.15 Å². The number of hydrogen-bond donors (Lipinski definition) is 1. The molecule has 11 heteroatoms. The van der Waals surface area contributed by atoms with Crippen LogP contribution in [0.3, 0.4) is 0 Å². The maximum Gasteiger partial charge on any atom is 0.264 e. The van der Waals surface area contributed by atoms with Crippen molar-refractivity contribution in [3.63, 3.8) is 0 Å². The van der Waals surface area contributed by atoms with Crippen molar-refractivity contribution in [1.82, 2.24) is 15.0 Å². The molecule has 1 N–H and O–H groups in total. The van der Waals surface area contributed by atoms with Gasteiger partial charge in [-0.25, -0.2) is 9.97 Å². The summed E-state index contributed by atoms with van der Waals surface area (Å²) in [6.45, 7) is 3.76. The summed E-state index contributed by atoms with van der Waals surface area (Å²) in [4.78, 5) is 27.0. The topological polar surface area (TPSA) is 111 Å². The maximum atomic E-state index is 13.1. The summed E-state index contributed by atoms with van der Waals surface area (Å²) < 4.78 is 28.0. The van der Waals surface area contributed by atoms with E-state index in [1.807, 2.05) is 19.9 Å². The van der Waals surface area contributed by atoms with Gasteiger partial charge in [0.2, 0.25) is 0 Å². The van der Waals surface area contributed by atoms with Gasteiger partial charge in [-0.05, 0) is 55.5 Å². The van der Waals surface area contributed by atoms with Crippen molar-refractivity contribution >= 4 is 44.1 Å². The van der Waals surface area contributed by atoms with Crippen molar-refractivity contribution < 1.29 is 17.4 Å². The standard InChI is InChI=1S/C21H21ClN4O4S2/c1-11-9-24-19(22)8-14(11)15-6-12(2)23-10-16(15)20(27)26-21-25-17-5-4-13(7-18(17)31-21)30-32(3,28)29/h6,8-10,13H,4-5,7H2,1-3H3,(H,25,26,27). The molecule has 0 aromatic carbocycles. The van der Waals surface area contributed by atoms with Crippen molar-refractivity contribution in [2.75, 3.05) is 11.6 Å². The molecule has 0 aliphatic heterocycles. The summed E-state index contributed by atoms with van der Waals surface area (Å²) in [7, 11) is -3.52. The van der Waals surface area contributed by atoms with Crippen LogP contribution in [0.25, 0.3) is 11.1 Å². The second-order valence-corrected chi connectivity index (χ2v) is 10.8. The number of nitrogens with zero attached hydrogens (tertiary/aromatic N) is 3. The SMILES string of the molecule is Cc1cc(-c2cc(Cl)ncc2C)c(C(=O)Nc2nc3c(s2)CC(OS(C)(=O)=O)CC3)cn1. The van der Waals surface area contributed by atoms with E-state index >= 15 is 0 Å². The molecule has 4 rings (SSSR count). The first-order chi connectivity index (χ1) is 15.1. The van der Waals surface area contributed by atoms with Gasteiger partial charge < -0.3 is 0 Å². The van der Waals surface area contributed by atoms with Gasteiger partial charge in [-0.3, -0.25) is 19.3 Å². The molecule has 32 heavy (non-hydrogen) atoms. The van der Waals surface area contributed by atoms with Crippen LogP contribution in [0, 0.1) is 13.8 Å². The Morgan fingerprint density at radius 2 is 2.00 bits per heavy atom. The Balaban J connectivity index is 1.59. The first-order valence-corrected chi connectivity index (χ1v) is 12.9. The van der Waals surface area contributed by atoms with Crippen LogP contribution < -0.4 is 5.32 Å². The molecule has 0 fully saturated rings. The summed E-state index contributed by atoms with van der Waals surface area (Å²) >= 11 is 7.42. The van der Waals surface area contributed by atoms with Crippen LogP contribution in [0.2, 0.25) is 5.15 Å². The lowest BCUT2D eigenvalue weighted by molar-refractivity contribution is 0.102. The third-order valence-corrected chi connectivity index (χ3v) is 6.93. The second kappa shape index (κ2) is 8.86. The van der Waals surface area contributed by atoms with E-state index in [2.05, 4.69) is 20.3 Å². The van der Waals surface area contributed by atoms with E-state index in [0.29, 0.717) is 40.7 Å². The van der Waals surface area contributed by atoms with Gasteiger partial charge in [0.25, 0.3) is 16.0 Å². The van der Waals surface area contributed by atoms with Gasteiger partial charge in [-0.1, -0.05) is 11.6 Å². The largest absolute Gasteiger partial charge is 0.298 e. The van der Waals surface area contributed by atoms with Gasteiger partial charge in [0.15, 0.2) is 5.13 Å². The molecular formula is C21H21ClN4O4S2. The molecular weight excluding hydrogens is 472 g/mol. The summed E-state index contributed by atoms with van der Waals surface area (Å²) in [5, 5.41) is 3.66. The molecule has 0 spiro atoms. The van der Waals surface area contributed by atoms with Gasteiger partial charge >= 0.3 is 0 Å². The number of rotatable bonds is 5. The highest BCUT2D eigenvalue weighted by Gasteiger charge is 2.26. The third-order valence-electron chi connectivity index (χ3n) is 5.07. The number of nitrogens with one attached hydrogen (secondary N) is 1. The van der Waals surface area contributed by atoms with E-state index < -0.39 is 16.2 Å². The van der Waals surface area contributed by atoms with Gasteiger partial charge in [-0.15, -0.1) is 11.3 Å². The van der Waals surface area contributed by atoms with Crippen molar-refractivity contribution in [3.8, 4) is 11.1 Å². The predicted molar refractivity (Wildman–Crippen MR) is 124 cm³/mol. The Morgan fingerprint density at radius 1 is 1.22 bits per heavy atom. The number of anilines is 1. The normalized spacial score (nSPS) is 15.9. The van der Waals surface area contributed by atoms with Crippen LogP contribution >= 0.6 is 22.9 Å². The molecule has 168 valence electrons. The van der Waals surface area contributed by atoms with Crippen LogP contribution in [-0.4, -0.2) is 41.6 Å². The first kappa shape index (κ1) is 22.8. The van der Waals surface area contributed by atoms with Crippen LogP contribution in [0.15, 0.2) is 24.5 Å². The third kappa shape index (κ3) is 5.15. The summed E-state index contributed by atoms with van der Waals surface area (Å²) in [5.41, 5.74) is 4.42. The molecule has 3 aromatic heterocycles. The van der Waals surface area contributed by atoms with Crippen molar-refractivity contribution in [3.05, 3.63) is 57.1 Å². The van der Waals surface area contributed by atoms with Gasteiger partial charge in [0.05, 0.1) is 23.6 Å². The molecule has 8 nitrogen and oxygen atoms in total. The molecule has 1 aliphatic rings. The van der Waals surface area contributed by atoms with Crippen LogP contribution in [0.4, 0.5) is 5.13 Å². The number of fused-ring (bicyclic) bond motifs is 1. The summed E-state index contributed by atoms with van der Waals surface area (Å²) in [6, 6.07) is 3.57. The molecule has 3 aromatic rings. The molecule has 1 amide bonds. The lowest BCUT2D eigenvalue weighted by Crippen LogP contribution is -2.24. The Bertz CT molecular complexity index is 1310. The van der Waals surface area contributed by atoms with Crippen LogP contribution in [0.1, 0.15) is 38.6 Å². The minimum atomic E-state index is -3.52. The molecule has 0 radical (unpaired) electrons. The highest BCUT2D eigenvalue weighted by molar-refractivity contribution is 7.86. The van der Waals surface area contributed by atoms with Gasteiger partial charge in [0, 0.05) is 29.4 Å². The Morgan fingerprint density at radius 3 is 2.75 bits per heavy atom. The first-order valence-electron chi connectivity index (χ1n) is 9.86. The molecule has 0 bridgehead atoms. The lowest BCUT2D eigenvalue weighted by Gasteiger charge is -2.19. The van der Waals surface area contributed by atoms with E-state index in [0.717, 1.165) is 33.6 Å². The fourth-order valence-electron chi connectivity index (χ4n) is 3.64. The highest BCUT2D eigenvalue weighted by atomic mass is 35.5. The number of aromatic nitrogens is 3. The highest BCUT2D eigenvalue weighted by Crippen LogP contribution is 2.33. The van der Waals surface area contributed by atoms with Crippen LogP contribution in [0.5, 0.6) is 0 Å². The minimum absolute atomic E-state index is 0.338. The van der Waals surface area contributed by atoms with Crippen molar-refractivity contribution in [1.29, 1.82) is 0 Å². The molecule has 3 heterocycles. The predicted octanol–water partition coefficient (Wildman–Crippen LogP) is 3.96. The lowest BCUT2D eigenvalue weighted by atomic mass is 9.98.